The first-order valence-corrected chi connectivity index (χ1v) is 5.90. The maximum atomic E-state index is 11.0. The van der Waals surface area contributed by atoms with Crippen LogP contribution in [0, 0.1) is 0 Å². The Balaban J connectivity index is 2.94. The molecule has 1 rings (SSSR count). The number of aromatic carboxylic acids is 1. The van der Waals surface area contributed by atoms with Crippen molar-refractivity contribution in [2.24, 2.45) is 0 Å². The Labute approximate surface area is 100 Å². The van der Waals surface area contributed by atoms with Crippen LogP contribution in [0.15, 0.2) is 0 Å². The Hall–Kier alpha value is -1.43. The maximum Gasteiger partial charge on any atom is 0.358 e. The van der Waals surface area contributed by atoms with E-state index in [9.17, 15) is 4.79 Å². The second-order valence-electron chi connectivity index (χ2n) is 4.10. The average molecular weight is 241 g/mol. The van der Waals surface area contributed by atoms with E-state index >= 15 is 0 Å². The van der Waals surface area contributed by atoms with Gasteiger partial charge in [0.05, 0.1) is 11.7 Å². The van der Waals surface area contributed by atoms with Gasteiger partial charge >= 0.3 is 5.97 Å². The van der Waals surface area contributed by atoms with E-state index in [2.05, 4.69) is 10.3 Å². The minimum atomic E-state index is -1.03. The van der Waals surface area contributed by atoms with E-state index in [-0.39, 0.29) is 18.3 Å². The van der Waals surface area contributed by atoms with Crippen LogP contribution in [0.4, 0.5) is 0 Å². The fourth-order valence-electron chi connectivity index (χ4n) is 1.81. The molecular formula is C11H19N3O3. The molecule has 0 aromatic carbocycles. The molecule has 0 aliphatic carbocycles. The van der Waals surface area contributed by atoms with Gasteiger partial charge in [-0.15, -0.1) is 5.10 Å². The number of carboxylic acid groups (broad SMARTS) is 1. The molecule has 0 aliphatic heterocycles. The van der Waals surface area contributed by atoms with Gasteiger partial charge in [-0.2, -0.15) is 0 Å². The number of nitrogens with zero attached hydrogens (tertiary/aromatic N) is 3. The van der Waals surface area contributed by atoms with Crippen molar-refractivity contribution < 1.29 is 15.0 Å². The maximum absolute atomic E-state index is 11.0. The van der Waals surface area contributed by atoms with Crippen molar-refractivity contribution >= 4 is 5.97 Å². The van der Waals surface area contributed by atoms with E-state index in [0.29, 0.717) is 18.5 Å². The molecule has 0 spiro atoms. The van der Waals surface area contributed by atoms with E-state index in [1.807, 2.05) is 13.8 Å². The summed E-state index contributed by atoms with van der Waals surface area (Å²) in [6, 6.07) is 0.0595. The molecule has 0 bridgehead atoms. The lowest BCUT2D eigenvalue weighted by Crippen LogP contribution is -2.13. The molecule has 1 heterocycles. The molecule has 6 nitrogen and oxygen atoms in total. The average Bonchev–Trinajstić information content (AvgIpc) is 2.70. The van der Waals surface area contributed by atoms with Gasteiger partial charge in [-0.3, -0.25) is 0 Å². The lowest BCUT2D eigenvalue weighted by molar-refractivity contribution is 0.0689. The van der Waals surface area contributed by atoms with Crippen LogP contribution in [0.1, 0.15) is 55.3 Å². The summed E-state index contributed by atoms with van der Waals surface area (Å²) in [5.74, 6) is -1.03. The van der Waals surface area contributed by atoms with Gasteiger partial charge in [-0.25, -0.2) is 9.48 Å². The lowest BCUT2D eigenvalue weighted by atomic mass is 10.1. The smallest absolute Gasteiger partial charge is 0.358 e. The highest BCUT2D eigenvalue weighted by atomic mass is 16.4. The Kier molecular flexibility index (Phi) is 5.09. The number of rotatable bonds is 7. The third-order valence-corrected chi connectivity index (χ3v) is 2.68. The molecule has 0 saturated carbocycles. The number of aliphatic hydroxyl groups is 1. The molecule has 0 fully saturated rings. The summed E-state index contributed by atoms with van der Waals surface area (Å²) >= 11 is 0. The Morgan fingerprint density at radius 2 is 2.24 bits per heavy atom. The van der Waals surface area contributed by atoms with Crippen molar-refractivity contribution in [3.8, 4) is 0 Å². The molecule has 0 radical (unpaired) electrons. The summed E-state index contributed by atoms with van der Waals surface area (Å²) in [4.78, 5) is 11.0. The standard InChI is InChI=1S/C11H19N3O3/c1-3-5-9-10(11(16)17)12-13-14(9)8(2)6-4-7-15/h8,15H,3-7H2,1-2H3,(H,16,17). The largest absolute Gasteiger partial charge is 0.476 e. The van der Waals surface area contributed by atoms with Gasteiger partial charge in [0.15, 0.2) is 5.69 Å². The van der Waals surface area contributed by atoms with Crippen LogP contribution in [0.5, 0.6) is 0 Å². The normalized spacial score (nSPS) is 12.6. The molecule has 1 atom stereocenters. The highest BCUT2D eigenvalue weighted by Gasteiger charge is 2.20. The van der Waals surface area contributed by atoms with Gasteiger partial charge in [0, 0.05) is 6.61 Å². The summed E-state index contributed by atoms with van der Waals surface area (Å²) in [5, 5.41) is 25.4. The molecule has 0 aliphatic rings. The third-order valence-electron chi connectivity index (χ3n) is 2.68. The fourth-order valence-corrected chi connectivity index (χ4v) is 1.81. The third kappa shape index (κ3) is 3.26. The van der Waals surface area contributed by atoms with Gasteiger partial charge in [-0.1, -0.05) is 18.6 Å². The van der Waals surface area contributed by atoms with Crippen LogP contribution < -0.4 is 0 Å². The molecule has 1 unspecified atom stereocenters. The van der Waals surface area contributed by atoms with Gasteiger partial charge < -0.3 is 10.2 Å². The van der Waals surface area contributed by atoms with E-state index in [1.165, 1.54) is 0 Å². The number of hydrogen-bond acceptors (Lipinski definition) is 4. The van der Waals surface area contributed by atoms with Crippen molar-refractivity contribution in [2.45, 2.75) is 45.6 Å². The first-order valence-electron chi connectivity index (χ1n) is 5.90. The van der Waals surface area contributed by atoms with E-state index < -0.39 is 5.97 Å². The number of aliphatic hydroxyl groups excluding tert-OH is 1. The summed E-state index contributed by atoms with van der Waals surface area (Å²) in [7, 11) is 0. The summed E-state index contributed by atoms with van der Waals surface area (Å²) in [6.07, 6.45) is 2.93. The zero-order chi connectivity index (χ0) is 12.8. The molecular weight excluding hydrogens is 222 g/mol. The predicted molar refractivity (Wildman–Crippen MR) is 62.0 cm³/mol. The van der Waals surface area contributed by atoms with E-state index in [1.54, 1.807) is 4.68 Å². The number of carbonyl (C=O) groups is 1. The van der Waals surface area contributed by atoms with Gasteiger partial charge in [-0.05, 0) is 26.2 Å². The molecule has 2 N–H and O–H groups in total. The zero-order valence-electron chi connectivity index (χ0n) is 10.3. The van der Waals surface area contributed by atoms with E-state index in [0.717, 1.165) is 12.8 Å². The zero-order valence-corrected chi connectivity index (χ0v) is 10.3. The molecule has 0 amide bonds. The minimum Gasteiger partial charge on any atom is -0.476 e. The SMILES string of the molecule is CCCc1c(C(=O)O)nnn1C(C)CCCO. The number of carboxylic acids is 1. The van der Waals surface area contributed by atoms with Crippen molar-refractivity contribution in [3.63, 3.8) is 0 Å². The molecule has 1 aromatic heterocycles. The molecule has 6 heteroatoms. The topological polar surface area (TPSA) is 88.2 Å². The Morgan fingerprint density at radius 1 is 1.53 bits per heavy atom. The summed E-state index contributed by atoms with van der Waals surface area (Å²) < 4.78 is 1.67. The van der Waals surface area contributed by atoms with Crippen molar-refractivity contribution in [2.75, 3.05) is 6.61 Å². The van der Waals surface area contributed by atoms with Gasteiger partial charge in [0.25, 0.3) is 0 Å². The second kappa shape index (κ2) is 6.34. The highest BCUT2D eigenvalue weighted by Crippen LogP contribution is 2.17. The van der Waals surface area contributed by atoms with Crippen LogP contribution in [0.25, 0.3) is 0 Å². The van der Waals surface area contributed by atoms with Gasteiger partial charge in [0.1, 0.15) is 0 Å². The number of hydrogen-bond donors (Lipinski definition) is 2. The summed E-state index contributed by atoms with van der Waals surface area (Å²) in [6.45, 7) is 4.07. The molecule has 0 saturated heterocycles. The van der Waals surface area contributed by atoms with Crippen LogP contribution in [-0.2, 0) is 6.42 Å². The van der Waals surface area contributed by atoms with Crippen LogP contribution in [0.3, 0.4) is 0 Å². The Bertz CT molecular complexity index is 376. The van der Waals surface area contributed by atoms with Crippen LogP contribution in [-0.4, -0.2) is 37.8 Å². The molecule has 17 heavy (non-hydrogen) atoms. The van der Waals surface area contributed by atoms with Gasteiger partial charge in [0.2, 0.25) is 0 Å². The summed E-state index contributed by atoms with van der Waals surface area (Å²) in [5.41, 5.74) is 0.716. The first kappa shape index (κ1) is 13.6. The Morgan fingerprint density at radius 3 is 2.76 bits per heavy atom. The molecule has 96 valence electrons. The van der Waals surface area contributed by atoms with Crippen molar-refractivity contribution in [3.05, 3.63) is 11.4 Å². The molecule has 1 aromatic rings. The predicted octanol–water partition coefficient (Wildman–Crippen LogP) is 1.26. The second-order valence-corrected chi connectivity index (χ2v) is 4.10. The monoisotopic (exact) mass is 241 g/mol. The first-order chi connectivity index (χ1) is 8.11. The van der Waals surface area contributed by atoms with E-state index in [4.69, 9.17) is 10.2 Å². The number of aromatic nitrogens is 3. The quantitative estimate of drug-likeness (QED) is 0.750. The highest BCUT2D eigenvalue weighted by molar-refractivity contribution is 5.86. The van der Waals surface area contributed by atoms with Crippen LogP contribution in [0.2, 0.25) is 0 Å². The van der Waals surface area contributed by atoms with Crippen molar-refractivity contribution in [1.29, 1.82) is 0 Å². The van der Waals surface area contributed by atoms with Crippen LogP contribution >= 0.6 is 0 Å². The van der Waals surface area contributed by atoms with Crippen molar-refractivity contribution in [1.82, 2.24) is 15.0 Å². The minimum absolute atomic E-state index is 0.0442. The fraction of sp³-hybridized carbons (Fsp3) is 0.727. The lowest BCUT2D eigenvalue weighted by Gasteiger charge is -2.13.